The maximum absolute atomic E-state index is 15.2. The monoisotopic (exact) mass is 791 g/mol. The first-order valence-corrected chi connectivity index (χ1v) is 21.5. The predicted molar refractivity (Wildman–Crippen MR) is 230 cm³/mol. The highest BCUT2D eigenvalue weighted by Crippen LogP contribution is 2.78. The van der Waals surface area contributed by atoms with Crippen molar-refractivity contribution in [2.24, 2.45) is 33.5 Å². The van der Waals surface area contributed by atoms with Gasteiger partial charge in [-0.15, -0.1) is 0 Å². The number of hydrogen-bond donors (Lipinski definition) is 2. The number of methoxy groups -OCH3 is 2. The summed E-state index contributed by atoms with van der Waals surface area (Å²) in [6.07, 6.45) is 11.9. The lowest BCUT2D eigenvalue weighted by atomic mass is 9.32. The molecule has 0 saturated heterocycles. The van der Waals surface area contributed by atoms with Crippen LogP contribution in [0.1, 0.15) is 80.3 Å². The van der Waals surface area contributed by atoms with Crippen molar-refractivity contribution in [1.29, 1.82) is 0 Å². The summed E-state index contributed by atoms with van der Waals surface area (Å²) in [6.45, 7) is 5.21. The number of hydrogen-bond acceptors (Lipinski definition) is 6. The molecule has 6 aliphatic rings. The summed E-state index contributed by atoms with van der Waals surface area (Å²) in [5, 5.41) is 24.5. The van der Waals surface area contributed by atoms with Gasteiger partial charge in [0.25, 0.3) is 0 Å². The van der Waals surface area contributed by atoms with Crippen molar-refractivity contribution < 1.29 is 29.3 Å². The van der Waals surface area contributed by atoms with E-state index in [0.717, 1.165) is 59.9 Å². The largest absolute Gasteiger partial charge is 0.493 e. The van der Waals surface area contributed by atoms with E-state index in [1.807, 2.05) is 95.9 Å². The number of allylic oxidation sites excluding steroid dienone is 4. The van der Waals surface area contributed by atoms with Crippen LogP contribution in [0.2, 0.25) is 0 Å². The zero-order valence-corrected chi connectivity index (χ0v) is 34.8. The highest BCUT2D eigenvalue weighted by atomic mass is 16.5. The van der Waals surface area contributed by atoms with Crippen molar-refractivity contribution in [3.8, 4) is 22.6 Å². The van der Waals surface area contributed by atoms with Gasteiger partial charge < -0.3 is 24.6 Å². The first-order valence-electron chi connectivity index (χ1n) is 21.5. The number of Topliss-reactive ketones (excluding diaryl/α,β-unsaturated/α-hetero) is 1. The molecule has 2 N–H and O–H groups in total. The molecule has 2 bridgehead atoms. The van der Waals surface area contributed by atoms with Gasteiger partial charge in [-0.2, -0.15) is 0 Å². The maximum Gasteiger partial charge on any atom is 0.227 e. The molecule has 7 heteroatoms. The van der Waals surface area contributed by atoms with Crippen molar-refractivity contribution in [2.75, 3.05) is 20.8 Å². The topological polar surface area (TPSA) is 96.3 Å². The molecular weight excluding hydrogens is 735 g/mol. The fraction of sp³-hybridized carbons (Fsp3) is 0.423. The Bertz CT molecular complexity index is 2300. The van der Waals surface area contributed by atoms with Gasteiger partial charge in [-0.1, -0.05) is 123 Å². The molecule has 4 aromatic rings. The van der Waals surface area contributed by atoms with E-state index >= 15 is 4.79 Å². The van der Waals surface area contributed by atoms with Crippen LogP contribution in [-0.2, 0) is 17.8 Å². The Morgan fingerprint density at radius 1 is 0.729 bits per heavy atom. The molecule has 2 spiro atoms. The summed E-state index contributed by atoms with van der Waals surface area (Å²) in [5.74, 6) is 1.28. The van der Waals surface area contributed by atoms with Gasteiger partial charge in [0, 0.05) is 33.9 Å². The molecule has 10 rings (SSSR count). The number of benzene rings is 4. The Kier molecular flexibility index (Phi) is 9.79. The van der Waals surface area contributed by atoms with E-state index < -0.39 is 27.9 Å². The summed E-state index contributed by atoms with van der Waals surface area (Å²) < 4.78 is 11.0. The number of rotatable bonds is 11. The van der Waals surface area contributed by atoms with Crippen LogP contribution in [0.5, 0.6) is 11.5 Å². The van der Waals surface area contributed by atoms with Gasteiger partial charge >= 0.3 is 0 Å². The first-order chi connectivity index (χ1) is 28.4. The van der Waals surface area contributed by atoms with Crippen LogP contribution in [0, 0.1) is 33.5 Å². The zero-order chi connectivity index (χ0) is 41.2. The summed E-state index contributed by atoms with van der Waals surface area (Å²) in [6, 6.07) is 33.8. The Labute approximate surface area is 348 Å². The number of aliphatic hydroxyl groups excluding tert-OH is 1. The first kappa shape index (κ1) is 39.5. The van der Waals surface area contributed by atoms with Crippen molar-refractivity contribution in [3.63, 3.8) is 0 Å². The Morgan fingerprint density at radius 2 is 1.37 bits per heavy atom. The number of ether oxygens (including phenoxy) is 2. The molecule has 3 fully saturated rings. The quantitative estimate of drug-likeness (QED) is 0.116. The maximum atomic E-state index is 15.2. The minimum Gasteiger partial charge on any atom is -0.493 e. The molecule has 4 aromatic carbocycles. The summed E-state index contributed by atoms with van der Waals surface area (Å²) in [7, 11) is 3.19. The Balaban J connectivity index is 1.08. The molecule has 6 aliphatic carbocycles. The third-order valence-electron chi connectivity index (χ3n) is 16.0. The van der Waals surface area contributed by atoms with E-state index in [-0.39, 0.29) is 41.9 Å². The zero-order valence-electron chi connectivity index (χ0n) is 34.8. The number of amides is 1. The molecule has 3 saturated carbocycles. The third-order valence-corrected chi connectivity index (χ3v) is 16.0. The molecule has 8 atom stereocenters. The lowest BCUT2D eigenvalue weighted by Crippen LogP contribution is -2.67. The van der Waals surface area contributed by atoms with E-state index in [1.165, 1.54) is 0 Å². The molecule has 7 nitrogen and oxygen atoms in total. The summed E-state index contributed by atoms with van der Waals surface area (Å²) >= 11 is 0. The number of nitrogens with zero attached hydrogens (tertiary/aromatic N) is 1. The third kappa shape index (κ3) is 6.13. The Morgan fingerprint density at radius 3 is 2.08 bits per heavy atom. The molecule has 59 heavy (non-hydrogen) atoms. The highest BCUT2D eigenvalue weighted by molar-refractivity contribution is 6.10. The fourth-order valence-corrected chi connectivity index (χ4v) is 12.8. The van der Waals surface area contributed by atoms with Crippen molar-refractivity contribution >= 4 is 11.7 Å². The summed E-state index contributed by atoms with van der Waals surface area (Å²) in [5.41, 5.74) is 2.51. The van der Waals surface area contributed by atoms with Crippen molar-refractivity contribution in [2.45, 2.75) is 83.5 Å². The second-order valence-corrected chi connectivity index (χ2v) is 18.7. The van der Waals surface area contributed by atoms with E-state index in [9.17, 15) is 15.0 Å². The highest BCUT2D eigenvalue weighted by Gasteiger charge is 2.74. The van der Waals surface area contributed by atoms with E-state index in [1.54, 1.807) is 14.2 Å². The van der Waals surface area contributed by atoms with Gasteiger partial charge in [0.2, 0.25) is 5.91 Å². The Hall–Kier alpha value is -4.98. The number of aliphatic hydroxyl groups is 2. The van der Waals surface area contributed by atoms with Crippen molar-refractivity contribution in [3.05, 3.63) is 144 Å². The van der Waals surface area contributed by atoms with Crippen LogP contribution in [0.4, 0.5) is 0 Å². The second kappa shape index (κ2) is 14.6. The predicted octanol–water partition coefficient (Wildman–Crippen LogP) is 9.42. The molecule has 1 amide bonds. The van der Waals surface area contributed by atoms with Crippen LogP contribution >= 0.6 is 0 Å². The van der Waals surface area contributed by atoms with Gasteiger partial charge in [0.15, 0.2) is 17.3 Å². The number of fused-ring (bicyclic) bond motifs is 1. The minimum absolute atomic E-state index is 0.0321. The molecule has 306 valence electrons. The van der Waals surface area contributed by atoms with Crippen LogP contribution in [0.15, 0.2) is 127 Å². The standard InChI is InChI=1S/C52H57NO6/c1-48-24-21-40(54)31-50(48)27-28-52(41(32-50)47(56)39-18-16-38(17-19-39)37-13-9-6-10-14-37)44(48)22-25-49(2)45(52)23-26-51(49,57)34-53(33-35-11-7-5-8-12-35)46(55)30-36-15-20-42(58-3)43(29-36)59-4/h5-20,27-29,32,40,44-45,54,57H,21-26,30-31,33-34H2,1-4H3. The van der Waals surface area contributed by atoms with Gasteiger partial charge in [0.05, 0.1) is 38.9 Å². The summed E-state index contributed by atoms with van der Waals surface area (Å²) in [4.78, 5) is 31.6. The average molecular weight is 792 g/mol. The SMILES string of the molecule is COc1ccc(CC(=O)N(Cc2ccccc2)CC2(O)CCC3C45C=CC6(C=C4C(=O)c4ccc(-c7ccccc7)cc4)CC(O)CCC6(C)C5CCC32C)cc1OC. The number of carbonyl (C=O) groups excluding carboxylic acids is 2. The normalized spacial score (nSPS) is 32.6. The van der Waals surface area contributed by atoms with Gasteiger partial charge in [0.1, 0.15) is 0 Å². The van der Waals surface area contributed by atoms with Crippen molar-refractivity contribution in [1.82, 2.24) is 4.90 Å². The molecule has 0 aliphatic heterocycles. The van der Waals surface area contributed by atoms with Crippen LogP contribution in [0.3, 0.4) is 0 Å². The van der Waals surface area contributed by atoms with Crippen LogP contribution in [-0.4, -0.2) is 59.3 Å². The molecule has 0 radical (unpaired) electrons. The van der Waals surface area contributed by atoms with Gasteiger partial charge in [-0.25, -0.2) is 0 Å². The number of ketones is 1. The minimum atomic E-state index is -1.20. The second-order valence-electron chi connectivity index (χ2n) is 18.7. The average Bonchev–Trinajstić information content (AvgIpc) is 3.53. The van der Waals surface area contributed by atoms with Crippen LogP contribution in [0.25, 0.3) is 11.1 Å². The molecule has 0 heterocycles. The molecule has 0 aromatic heterocycles. The van der Waals surface area contributed by atoms with Gasteiger partial charge in [-0.05, 0) is 96.6 Å². The van der Waals surface area contributed by atoms with E-state index in [0.29, 0.717) is 36.4 Å². The fourth-order valence-electron chi connectivity index (χ4n) is 12.8. The lowest BCUT2D eigenvalue weighted by molar-refractivity contribution is -0.178. The van der Waals surface area contributed by atoms with Crippen LogP contribution < -0.4 is 9.47 Å². The smallest absolute Gasteiger partial charge is 0.227 e. The number of carbonyl (C=O) groups is 2. The van der Waals surface area contributed by atoms with E-state index in [4.69, 9.17) is 9.47 Å². The van der Waals surface area contributed by atoms with E-state index in [2.05, 4.69) is 44.2 Å². The van der Waals surface area contributed by atoms with Gasteiger partial charge in [-0.3, -0.25) is 9.59 Å². The lowest BCUT2D eigenvalue weighted by Gasteiger charge is -2.71. The molecule has 8 unspecified atom stereocenters. The molecular formula is C52H57NO6.